The molecule has 0 spiro atoms. The number of hydrogen-bond acceptors (Lipinski definition) is 8. The van der Waals surface area contributed by atoms with Crippen LogP contribution in [0.5, 0.6) is 17.2 Å². The third kappa shape index (κ3) is 7.45. The third-order valence-electron chi connectivity index (χ3n) is 6.32. The summed E-state index contributed by atoms with van der Waals surface area (Å²) in [5.41, 5.74) is 1.01. The molecule has 40 heavy (non-hydrogen) atoms. The van der Waals surface area contributed by atoms with E-state index in [9.17, 15) is 9.18 Å². The van der Waals surface area contributed by atoms with Crippen molar-refractivity contribution in [2.24, 2.45) is 0 Å². The van der Waals surface area contributed by atoms with Gasteiger partial charge in [-0.3, -0.25) is 4.79 Å². The summed E-state index contributed by atoms with van der Waals surface area (Å²) in [4.78, 5) is 24.9. The van der Waals surface area contributed by atoms with Crippen molar-refractivity contribution in [3.05, 3.63) is 76.1 Å². The maximum atomic E-state index is 13.7. The van der Waals surface area contributed by atoms with Crippen LogP contribution < -0.4 is 14.8 Å². The number of hydrogen-bond donors (Lipinski definition) is 1. The molecule has 7 nitrogen and oxygen atoms in total. The van der Waals surface area contributed by atoms with Crippen LogP contribution >= 0.6 is 51.4 Å². The van der Waals surface area contributed by atoms with E-state index in [1.54, 1.807) is 26.3 Å². The highest BCUT2D eigenvalue weighted by Crippen LogP contribution is 2.39. The standard InChI is InChI=1S/C28H26BrFN4O3S2.ClH/c1-17(35)34-10-8-18(9-11-34)24-16-38-28(32-24)33-27-26(37-25-7-6-19(30)12-23(25)29)14-22(15-31-27)39-21-5-3-4-20(13-21)36-2;/h3-7,12-16,18H,8-11H2,1-2H3,(H,31,32,33);1H. The number of halogens is 3. The summed E-state index contributed by atoms with van der Waals surface area (Å²) in [6.45, 7) is 3.11. The largest absolute Gasteiger partial charge is 0.497 e. The van der Waals surface area contributed by atoms with Gasteiger partial charge in [0, 0.05) is 53.4 Å². The van der Waals surface area contributed by atoms with Crippen molar-refractivity contribution in [2.45, 2.75) is 35.5 Å². The summed E-state index contributed by atoms with van der Waals surface area (Å²) in [6.07, 6.45) is 3.55. The molecule has 0 aliphatic carbocycles. The lowest BCUT2D eigenvalue weighted by Gasteiger charge is -2.30. The van der Waals surface area contributed by atoms with Gasteiger partial charge in [-0.25, -0.2) is 14.4 Å². The lowest BCUT2D eigenvalue weighted by molar-refractivity contribution is -0.129. The highest BCUT2D eigenvalue weighted by Gasteiger charge is 2.24. The minimum Gasteiger partial charge on any atom is -0.497 e. The van der Waals surface area contributed by atoms with Crippen LogP contribution in [0.3, 0.4) is 0 Å². The zero-order valence-corrected chi connectivity index (χ0v) is 25.8. The summed E-state index contributed by atoms with van der Waals surface area (Å²) >= 11 is 6.41. The van der Waals surface area contributed by atoms with Crippen LogP contribution in [-0.4, -0.2) is 41.0 Å². The van der Waals surface area contributed by atoms with Crippen molar-refractivity contribution in [1.29, 1.82) is 0 Å². The Balaban J connectivity index is 0.00000370. The quantitative estimate of drug-likeness (QED) is 0.203. The molecule has 4 aromatic rings. The molecule has 1 aliphatic rings. The molecule has 0 radical (unpaired) electrons. The van der Waals surface area contributed by atoms with Gasteiger partial charge in [-0.1, -0.05) is 17.8 Å². The van der Waals surface area contributed by atoms with Crippen LogP contribution in [0.1, 0.15) is 31.4 Å². The number of rotatable bonds is 8. The van der Waals surface area contributed by atoms with Gasteiger partial charge in [-0.2, -0.15) is 0 Å². The van der Waals surface area contributed by atoms with Crippen molar-refractivity contribution in [2.75, 3.05) is 25.5 Å². The number of nitrogens with zero attached hydrogens (tertiary/aromatic N) is 3. The Morgan fingerprint density at radius 1 is 1.15 bits per heavy atom. The molecule has 0 bridgehead atoms. The smallest absolute Gasteiger partial charge is 0.219 e. The first-order valence-corrected chi connectivity index (χ1v) is 14.8. The van der Waals surface area contributed by atoms with Gasteiger partial charge < -0.3 is 19.7 Å². The minimum absolute atomic E-state index is 0. The van der Waals surface area contributed by atoms with Crippen molar-refractivity contribution in [3.63, 3.8) is 0 Å². The molecule has 210 valence electrons. The van der Waals surface area contributed by atoms with E-state index in [-0.39, 0.29) is 24.1 Å². The zero-order valence-electron chi connectivity index (χ0n) is 21.7. The van der Waals surface area contributed by atoms with Gasteiger partial charge in [0.25, 0.3) is 0 Å². The SMILES string of the molecule is COc1cccc(Sc2cnc(Nc3nc(C4CCN(C(C)=O)CC4)cs3)c(Oc3ccc(F)cc3Br)c2)c1.Cl. The van der Waals surface area contributed by atoms with E-state index >= 15 is 0 Å². The van der Waals surface area contributed by atoms with Crippen LogP contribution in [-0.2, 0) is 4.79 Å². The molecule has 1 aliphatic heterocycles. The summed E-state index contributed by atoms with van der Waals surface area (Å²) in [7, 11) is 1.64. The number of amides is 1. The number of carbonyl (C=O) groups excluding carboxylic acids is 1. The number of thiazole rings is 1. The van der Waals surface area contributed by atoms with Crippen molar-refractivity contribution in [3.8, 4) is 17.2 Å². The summed E-state index contributed by atoms with van der Waals surface area (Å²) in [5, 5.41) is 6.06. The first-order chi connectivity index (χ1) is 18.9. The predicted octanol–water partition coefficient (Wildman–Crippen LogP) is 8.28. The van der Waals surface area contributed by atoms with Crippen molar-refractivity contribution < 1.29 is 18.7 Å². The second-order valence-electron chi connectivity index (χ2n) is 8.96. The molecular formula is C28H27BrClFN4O3S2. The molecule has 12 heteroatoms. The van der Waals surface area contributed by atoms with E-state index in [2.05, 4.69) is 31.6 Å². The molecule has 2 aromatic carbocycles. The second-order valence-corrected chi connectivity index (χ2v) is 11.8. The predicted molar refractivity (Wildman–Crippen MR) is 162 cm³/mol. The van der Waals surface area contributed by atoms with Crippen molar-refractivity contribution >= 4 is 68.3 Å². The van der Waals surface area contributed by atoms with E-state index in [1.807, 2.05) is 35.2 Å². The Morgan fingerprint density at radius 2 is 1.95 bits per heavy atom. The van der Waals surface area contributed by atoms with Gasteiger partial charge in [-0.15, -0.1) is 23.7 Å². The number of aromatic nitrogens is 2. The molecule has 0 unspecified atom stereocenters. The fraction of sp³-hybridized carbons (Fsp3) is 0.250. The van der Waals surface area contributed by atoms with E-state index in [4.69, 9.17) is 14.5 Å². The average molecular weight is 666 g/mol. The van der Waals surface area contributed by atoms with Gasteiger partial charge in [0.1, 0.15) is 17.3 Å². The van der Waals surface area contributed by atoms with Gasteiger partial charge in [0.15, 0.2) is 16.7 Å². The molecule has 1 saturated heterocycles. The number of pyridine rings is 1. The lowest BCUT2D eigenvalue weighted by atomic mass is 9.94. The molecule has 1 fully saturated rings. The Bertz CT molecular complexity index is 1480. The van der Waals surface area contributed by atoms with Crippen LogP contribution in [0.2, 0.25) is 0 Å². The summed E-state index contributed by atoms with van der Waals surface area (Å²) in [6, 6.07) is 13.9. The number of likely N-dealkylation sites (tertiary alicyclic amines) is 1. The second kappa shape index (κ2) is 13.7. The van der Waals surface area contributed by atoms with E-state index < -0.39 is 0 Å². The number of piperidine rings is 1. The summed E-state index contributed by atoms with van der Waals surface area (Å²) in [5.74, 6) is 2.26. The molecule has 2 aromatic heterocycles. The van der Waals surface area contributed by atoms with Gasteiger partial charge in [0.2, 0.25) is 5.91 Å². The number of benzene rings is 2. The number of anilines is 2. The Kier molecular flexibility index (Phi) is 10.3. The highest BCUT2D eigenvalue weighted by atomic mass is 79.9. The molecule has 3 heterocycles. The van der Waals surface area contributed by atoms with E-state index in [0.29, 0.717) is 32.8 Å². The van der Waals surface area contributed by atoms with Crippen LogP contribution in [0.4, 0.5) is 15.3 Å². The zero-order chi connectivity index (χ0) is 27.4. The normalized spacial score (nSPS) is 13.4. The van der Waals surface area contributed by atoms with Crippen LogP contribution in [0.15, 0.2) is 74.4 Å². The fourth-order valence-electron chi connectivity index (χ4n) is 4.25. The highest BCUT2D eigenvalue weighted by molar-refractivity contribution is 9.10. The maximum Gasteiger partial charge on any atom is 0.219 e. The number of methoxy groups -OCH3 is 1. The Morgan fingerprint density at radius 3 is 2.67 bits per heavy atom. The summed E-state index contributed by atoms with van der Waals surface area (Å²) < 4.78 is 25.7. The van der Waals surface area contributed by atoms with Gasteiger partial charge >= 0.3 is 0 Å². The minimum atomic E-state index is -0.363. The maximum absolute atomic E-state index is 13.7. The molecular weight excluding hydrogens is 639 g/mol. The molecule has 0 atom stereocenters. The van der Waals surface area contributed by atoms with Crippen molar-refractivity contribution in [1.82, 2.24) is 14.9 Å². The third-order valence-corrected chi connectivity index (χ3v) is 8.67. The van der Waals surface area contributed by atoms with Gasteiger partial charge in [-0.05, 0) is 65.2 Å². The first-order valence-electron chi connectivity index (χ1n) is 12.3. The topological polar surface area (TPSA) is 76.6 Å². The monoisotopic (exact) mass is 664 g/mol. The fourth-order valence-corrected chi connectivity index (χ4v) is 6.34. The Hall–Kier alpha value is -2.86. The first kappa shape index (κ1) is 30.1. The molecule has 1 N–H and O–H groups in total. The molecule has 1 amide bonds. The number of carbonyl (C=O) groups is 1. The molecule has 5 rings (SSSR count). The van der Waals surface area contributed by atoms with E-state index in [1.165, 1.54) is 35.2 Å². The van der Waals surface area contributed by atoms with Crippen LogP contribution in [0.25, 0.3) is 0 Å². The lowest BCUT2D eigenvalue weighted by Crippen LogP contribution is -2.36. The van der Waals surface area contributed by atoms with Gasteiger partial charge in [0.05, 0.1) is 17.3 Å². The number of nitrogens with one attached hydrogen (secondary N) is 1. The van der Waals surface area contributed by atoms with E-state index in [0.717, 1.165) is 47.2 Å². The number of ether oxygens (including phenoxy) is 2. The molecule has 0 saturated carbocycles. The average Bonchev–Trinajstić information content (AvgIpc) is 3.40. The Labute approximate surface area is 255 Å². The van der Waals surface area contributed by atoms with Crippen LogP contribution in [0, 0.1) is 5.82 Å².